The number of benzene rings is 1. The van der Waals surface area contributed by atoms with E-state index in [0.717, 1.165) is 17.1 Å². The molecular weight excluding hydrogens is 254 g/mol. The van der Waals surface area contributed by atoms with Crippen LogP contribution in [-0.4, -0.2) is 24.7 Å². The van der Waals surface area contributed by atoms with Crippen molar-refractivity contribution in [1.82, 2.24) is 5.06 Å². The number of rotatable bonds is 4. The molecule has 0 bridgehead atoms. The average Bonchev–Trinajstić information content (AvgIpc) is 2.74. The molecule has 0 saturated carbocycles. The van der Waals surface area contributed by atoms with Gasteiger partial charge in [-0.05, 0) is 30.3 Å². The largest absolute Gasteiger partial charge is 0.408 e. The summed E-state index contributed by atoms with van der Waals surface area (Å²) in [7, 11) is 1.90. The molecule has 0 aromatic heterocycles. The Morgan fingerprint density at radius 3 is 2.30 bits per heavy atom. The Hall–Kier alpha value is -2.01. The van der Waals surface area contributed by atoms with E-state index in [1.54, 1.807) is 5.06 Å². The molecule has 5 heteroatoms. The minimum atomic E-state index is -0.0115. The van der Waals surface area contributed by atoms with Crippen molar-refractivity contribution in [2.45, 2.75) is 26.9 Å². The highest BCUT2D eigenvalue weighted by atomic mass is 16.7. The molecule has 5 nitrogen and oxygen atoms in total. The number of amides is 1. The number of carbonyl (C=O) groups is 1. The quantitative estimate of drug-likeness (QED) is 0.830. The molecule has 0 spiro atoms. The van der Waals surface area contributed by atoms with Gasteiger partial charge in [0, 0.05) is 23.8 Å². The minimum absolute atomic E-state index is 0.00546. The number of nitrogens with one attached hydrogen (secondary N) is 2. The fraction of sp³-hybridized carbons (Fsp3) is 0.400. The number of hydrogen-bond donors (Lipinski definition) is 2. The van der Waals surface area contributed by atoms with Gasteiger partial charge in [-0.1, -0.05) is 20.8 Å². The molecule has 1 unspecified atom stereocenters. The zero-order valence-corrected chi connectivity index (χ0v) is 12.3. The molecule has 1 aliphatic rings. The van der Waals surface area contributed by atoms with Crippen LogP contribution in [0, 0.1) is 5.41 Å². The minimum Gasteiger partial charge on any atom is -0.408 e. The van der Waals surface area contributed by atoms with Crippen molar-refractivity contribution in [3.8, 4) is 0 Å². The van der Waals surface area contributed by atoms with Crippen LogP contribution in [0.15, 0.2) is 36.1 Å². The molecule has 1 aliphatic heterocycles. The highest BCUT2D eigenvalue weighted by molar-refractivity contribution is 5.72. The number of carbonyl (C=O) groups excluding carboxylic acids is 1. The maximum absolute atomic E-state index is 10.4. The van der Waals surface area contributed by atoms with E-state index in [2.05, 4.69) is 37.5 Å². The molecule has 1 atom stereocenters. The Labute approximate surface area is 119 Å². The Kier molecular flexibility index (Phi) is 3.99. The van der Waals surface area contributed by atoms with E-state index in [-0.39, 0.29) is 11.6 Å². The first-order valence-corrected chi connectivity index (χ1v) is 6.60. The summed E-state index contributed by atoms with van der Waals surface area (Å²) < 4.78 is 0. The molecule has 1 amide bonds. The van der Waals surface area contributed by atoms with E-state index >= 15 is 0 Å². The van der Waals surface area contributed by atoms with Crippen LogP contribution in [0.25, 0.3) is 0 Å². The molecule has 0 fully saturated rings. The van der Waals surface area contributed by atoms with Crippen LogP contribution in [0.4, 0.5) is 11.4 Å². The van der Waals surface area contributed by atoms with Crippen molar-refractivity contribution in [3.05, 3.63) is 36.1 Å². The van der Waals surface area contributed by atoms with Gasteiger partial charge in [0.25, 0.3) is 0 Å². The number of anilines is 2. The summed E-state index contributed by atoms with van der Waals surface area (Å²) in [5, 5.41) is 7.77. The predicted molar refractivity (Wildman–Crippen MR) is 79.9 cm³/mol. The lowest BCUT2D eigenvalue weighted by Gasteiger charge is -2.23. The highest BCUT2D eigenvalue weighted by Crippen LogP contribution is 2.32. The smallest absolute Gasteiger partial charge is 0.211 e. The Balaban J connectivity index is 2.06. The van der Waals surface area contributed by atoms with Crippen LogP contribution < -0.4 is 10.6 Å². The predicted octanol–water partition coefficient (Wildman–Crippen LogP) is 2.80. The lowest BCUT2D eigenvalue weighted by atomic mass is 9.93. The standard InChI is InChI=1S/C15H21N3O2/c1-15(2,3)13-9-14(18(4)20-13)17-12-7-5-11(6-8-12)16-10-19/h5-10,14,17H,1-4H3,(H,16,19). The van der Waals surface area contributed by atoms with E-state index < -0.39 is 0 Å². The Morgan fingerprint density at radius 1 is 1.20 bits per heavy atom. The van der Waals surface area contributed by atoms with Gasteiger partial charge in [0.2, 0.25) is 6.41 Å². The maximum Gasteiger partial charge on any atom is 0.211 e. The van der Waals surface area contributed by atoms with Crippen molar-refractivity contribution in [2.75, 3.05) is 17.7 Å². The molecule has 0 saturated heterocycles. The molecule has 0 radical (unpaired) electrons. The third-order valence-corrected chi connectivity index (χ3v) is 3.11. The van der Waals surface area contributed by atoms with Crippen molar-refractivity contribution in [1.29, 1.82) is 0 Å². The van der Waals surface area contributed by atoms with Gasteiger partial charge in [0.05, 0.1) is 0 Å². The molecule has 1 aromatic rings. The van der Waals surface area contributed by atoms with Gasteiger partial charge < -0.3 is 15.5 Å². The van der Waals surface area contributed by atoms with E-state index in [9.17, 15) is 4.79 Å². The Morgan fingerprint density at radius 2 is 1.80 bits per heavy atom. The van der Waals surface area contributed by atoms with Gasteiger partial charge in [-0.15, -0.1) is 5.06 Å². The number of hydroxylamine groups is 2. The van der Waals surface area contributed by atoms with E-state index in [1.807, 2.05) is 31.3 Å². The second kappa shape index (κ2) is 5.54. The lowest BCUT2D eigenvalue weighted by Crippen LogP contribution is -2.31. The monoisotopic (exact) mass is 275 g/mol. The summed E-state index contributed by atoms with van der Waals surface area (Å²) in [5.41, 5.74) is 1.73. The molecule has 0 aliphatic carbocycles. The van der Waals surface area contributed by atoms with Gasteiger partial charge in [-0.3, -0.25) is 4.79 Å². The summed E-state index contributed by atoms with van der Waals surface area (Å²) in [6.45, 7) is 6.36. The van der Waals surface area contributed by atoms with Gasteiger partial charge >= 0.3 is 0 Å². The van der Waals surface area contributed by atoms with Crippen LogP contribution in [0.2, 0.25) is 0 Å². The molecule has 20 heavy (non-hydrogen) atoms. The zero-order valence-electron chi connectivity index (χ0n) is 12.3. The second-order valence-electron chi connectivity index (χ2n) is 5.85. The summed E-state index contributed by atoms with van der Waals surface area (Å²) in [5.74, 6) is 0.955. The van der Waals surface area contributed by atoms with Crippen LogP contribution >= 0.6 is 0 Å². The topological polar surface area (TPSA) is 53.6 Å². The van der Waals surface area contributed by atoms with E-state index in [1.165, 1.54) is 0 Å². The highest BCUT2D eigenvalue weighted by Gasteiger charge is 2.30. The summed E-state index contributed by atoms with van der Waals surface area (Å²) in [4.78, 5) is 16.1. The third-order valence-electron chi connectivity index (χ3n) is 3.11. The number of allylic oxidation sites excluding steroid dienone is 1. The van der Waals surface area contributed by atoms with Crippen LogP contribution in [0.1, 0.15) is 20.8 Å². The number of hydrogen-bond acceptors (Lipinski definition) is 4. The Bertz CT molecular complexity index is 503. The fourth-order valence-electron chi connectivity index (χ4n) is 1.91. The summed E-state index contributed by atoms with van der Waals surface area (Å²) in [6.07, 6.45) is 2.74. The third kappa shape index (κ3) is 3.30. The molecule has 2 N–H and O–H groups in total. The van der Waals surface area contributed by atoms with Gasteiger partial charge in [-0.25, -0.2) is 0 Å². The first kappa shape index (κ1) is 14.4. The molecular formula is C15H21N3O2. The molecule has 108 valence electrons. The molecule has 2 rings (SSSR count). The summed E-state index contributed by atoms with van der Waals surface area (Å²) >= 11 is 0. The van der Waals surface area contributed by atoms with Gasteiger partial charge in [0.15, 0.2) is 0 Å². The zero-order chi connectivity index (χ0) is 14.8. The van der Waals surface area contributed by atoms with Crippen molar-refractivity contribution in [2.24, 2.45) is 5.41 Å². The van der Waals surface area contributed by atoms with Gasteiger partial charge in [-0.2, -0.15) is 0 Å². The maximum atomic E-state index is 10.4. The first-order valence-electron chi connectivity index (χ1n) is 6.60. The van der Waals surface area contributed by atoms with Crippen molar-refractivity contribution >= 4 is 17.8 Å². The number of nitrogens with zero attached hydrogens (tertiary/aromatic N) is 1. The SMILES string of the molecule is CN1OC(C(C)(C)C)=CC1Nc1ccc(NC=O)cc1. The van der Waals surface area contributed by atoms with Crippen LogP contribution in [0.5, 0.6) is 0 Å². The van der Waals surface area contributed by atoms with E-state index in [4.69, 9.17) is 4.84 Å². The fourth-order valence-corrected chi connectivity index (χ4v) is 1.91. The normalized spacial score (nSPS) is 19.2. The number of likely N-dealkylation sites (N-methyl/N-ethyl adjacent to an activating group) is 1. The van der Waals surface area contributed by atoms with Gasteiger partial charge in [0.1, 0.15) is 11.9 Å². The molecule has 1 aromatic carbocycles. The van der Waals surface area contributed by atoms with Crippen molar-refractivity contribution < 1.29 is 9.63 Å². The van der Waals surface area contributed by atoms with Crippen LogP contribution in [0.3, 0.4) is 0 Å². The lowest BCUT2D eigenvalue weighted by molar-refractivity contribution is -0.105. The summed E-state index contributed by atoms with van der Waals surface area (Å²) in [6, 6.07) is 7.53. The van der Waals surface area contributed by atoms with Crippen LogP contribution in [-0.2, 0) is 9.63 Å². The average molecular weight is 275 g/mol. The van der Waals surface area contributed by atoms with E-state index in [0.29, 0.717) is 6.41 Å². The second-order valence-corrected chi connectivity index (χ2v) is 5.85. The molecule has 1 heterocycles. The van der Waals surface area contributed by atoms with Crippen molar-refractivity contribution in [3.63, 3.8) is 0 Å². The first-order chi connectivity index (χ1) is 9.40.